The molecular formula is C20H28ClNO3. The highest BCUT2D eigenvalue weighted by atomic mass is 35.5. The zero-order chi connectivity index (χ0) is 17.4. The van der Waals surface area contributed by atoms with Gasteiger partial charge >= 0.3 is 5.97 Å². The molecule has 0 fully saturated rings. The topological polar surface area (TPSA) is 40.0 Å². The van der Waals surface area contributed by atoms with E-state index in [-0.39, 0.29) is 18.4 Å². The van der Waals surface area contributed by atoms with Crippen LogP contribution < -0.4 is 22.0 Å². The van der Waals surface area contributed by atoms with Gasteiger partial charge in [0.2, 0.25) is 0 Å². The molecule has 0 atom stereocenters. The number of quaternary nitrogens is 1. The van der Waals surface area contributed by atoms with Crippen LogP contribution in [-0.2, 0) is 4.74 Å². The van der Waals surface area contributed by atoms with Crippen LogP contribution in [-0.4, -0.2) is 38.8 Å². The van der Waals surface area contributed by atoms with Gasteiger partial charge in [-0.05, 0) is 43.7 Å². The first kappa shape index (κ1) is 21.3. The summed E-state index contributed by atoms with van der Waals surface area (Å²) in [4.78, 5) is 14.0. The Labute approximate surface area is 156 Å². The molecule has 0 spiro atoms. The van der Waals surface area contributed by atoms with E-state index in [1.54, 1.807) is 0 Å². The van der Waals surface area contributed by atoms with Crippen molar-refractivity contribution in [3.05, 3.63) is 42.0 Å². The first-order valence-electron chi connectivity index (χ1n) is 8.85. The highest BCUT2D eigenvalue weighted by molar-refractivity contribution is 5.98. The fraction of sp³-hybridized carbons (Fsp3) is 0.450. The van der Waals surface area contributed by atoms with Gasteiger partial charge in [0.15, 0.2) is 0 Å². The maximum absolute atomic E-state index is 12.5. The molecule has 0 saturated carbocycles. The van der Waals surface area contributed by atoms with E-state index in [4.69, 9.17) is 9.47 Å². The number of esters is 1. The number of nitrogens with one attached hydrogen (secondary N) is 1. The molecule has 0 saturated heterocycles. The fourth-order valence-electron chi connectivity index (χ4n) is 2.82. The van der Waals surface area contributed by atoms with Crippen molar-refractivity contribution < 1.29 is 31.6 Å². The first-order chi connectivity index (χ1) is 11.7. The van der Waals surface area contributed by atoms with Crippen molar-refractivity contribution in [2.24, 2.45) is 0 Å². The summed E-state index contributed by atoms with van der Waals surface area (Å²) in [5.41, 5.74) is 0.505. The molecule has 0 aromatic heterocycles. The number of carbonyl (C=O) groups excluding carboxylic acids is 1. The average Bonchev–Trinajstić information content (AvgIpc) is 2.61. The third-order valence-electron chi connectivity index (χ3n) is 4.28. The number of rotatable bonds is 9. The second-order valence-electron chi connectivity index (χ2n) is 5.83. The van der Waals surface area contributed by atoms with Crippen LogP contribution in [0.3, 0.4) is 0 Å². The van der Waals surface area contributed by atoms with Crippen molar-refractivity contribution in [1.82, 2.24) is 0 Å². The molecule has 0 radical (unpaired) electrons. The zero-order valence-electron chi connectivity index (χ0n) is 15.3. The maximum atomic E-state index is 12.5. The highest BCUT2D eigenvalue weighted by Crippen LogP contribution is 2.27. The standard InChI is InChI=1S/C20H27NO3.ClH/c1-4-21(5-2)12-9-13-24-20(22)18-14-16-10-7-8-11-17(16)15-19(18)23-6-3;/h7-8,10-11,14-15H,4-6,9,12-13H2,1-3H3;1H. The van der Waals surface area contributed by atoms with E-state index in [2.05, 4.69) is 13.8 Å². The molecule has 1 N–H and O–H groups in total. The van der Waals surface area contributed by atoms with Crippen LogP contribution in [0.1, 0.15) is 37.6 Å². The molecule has 0 bridgehead atoms. The smallest absolute Gasteiger partial charge is 0.341 e. The number of benzene rings is 2. The molecule has 0 aliphatic heterocycles. The van der Waals surface area contributed by atoms with Crippen LogP contribution in [0.4, 0.5) is 0 Å². The number of carbonyl (C=O) groups is 1. The summed E-state index contributed by atoms with van der Waals surface area (Å²) in [5.74, 6) is 0.286. The minimum atomic E-state index is -0.307. The van der Waals surface area contributed by atoms with Crippen LogP contribution in [0.5, 0.6) is 5.75 Å². The average molecular weight is 366 g/mol. The van der Waals surface area contributed by atoms with Crippen molar-refractivity contribution in [3.63, 3.8) is 0 Å². The van der Waals surface area contributed by atoms with E-state index in [1.807, 2.05) is 43.3 Å². The highest BCUT2D eigenvalue weighted by Gasteiger charge is 2.15. The molecule has 0 heterocycles. The van der Waals surface area contributed by atoms with Crippen molar-refractivity contribution in [2.45, 2.75) is 27.2 Å². The largest absolute Gasteiger partial charge is 1.00 e. The quantitative estimate of drug-likeness (QED) is 0.490. The Balaban J connectivity index is 0.00000312. The van der Waals surface area contributed by atoms with E-state index in [1.165, 1.54) is 4.90 Å². The molecule has 2 rings (SSSR count). The number of ether oxygens (including phenoxy) is 2. The second kappa shape index (κ2) is 11.0. The lowest BCUT2D eigenvalue weighted by atomic mass is 10.1. The van der Waals surface area contributed by atoms with Gasteiger partial charge in [-0.15, -0.1) is 0 Å². The van der Waals surface area contributed by atoms with Crippen LogP contribution in [0.25, 0.3) is 10.8 Å². The molecule has 2 aromatic carbocycles. The Bertz CT molecular complexity index is 671. The first-order valence-corrected chi connectivity index (χ1v) is 8.85. The third-order valence-corrected chi connectivity index (χ3v) is 4.28. The molecule has 0 aliphatic rings. The van der Waals surface area contributed by atoms with Gasteiger partial charge in [-0.3, -0.25) is 0 Å². The van der Waals surface area contributed by atoms with Crippen molar-refractivity contribution in [2.75, 3.05) is 32.8 Å². The Kier molecular flexibility index (Phi) is 9.32. The molecule has 4 nitrogen and oxygen atoms in total. The summed E-state index contributed by atoms with van der Waals surface area (Å²) < 4.78 is 11.1. The summed E-state index contributed by atoms with van der Waals surface area (Å²) >= 11 is 0. The predicted molar refractivity (Wildman–Crippen MR) is 96.9 cm³/mol. The van der Waals surface area contributed by atoms with Gasteiger partial charge in [0.25, 0.3) is 0 Å². The monoisotopic (exact) mass is 365 g/mol. The fourth-order valence-corrected chi connectivity index (χ4v) is 2.82. The normalized spacial score (nSPS) is 10.6. The number of halogens is 1. The summed E-state index contributed by atoms with van der Waals surface area (Å²) in [7, 11) is 0. The van der Waals surface area contributed by atoms with Crippen LogP contribution >= 0.6 is 0 Å². The minimum absolute atomic E-state index is 0. The Morgan fingerprint density at radius 3 is 2.28 bits per heavy atom. The maximum Gasteiger partial charge on any atom is 0.341 e. The van der Waals surface area contributed by atoms with Crippen molar-refractivity contribution >= 4 is 16.7 Å². The molecule has 0 amide bonds. The second-order valence-corrected chi connectivity index (χ2v) is 5.83. The predicted octanol–water partition coefficient (Wildman–Crippen LogP) is -0.286. The number of hydrogen-bond acceptors (Lipinski definition) is 3. The molecule has 2 aromatic rings. The lowest BCUT2D eigenvalue weighted by Gasteiger charge is -2.15. The Hall–Kier alpha value is -1.78. The number of hydrogen-bond donors (Lipinski definition) is 1. The molecule has 25 heavy (non-hydrogen) atoms. The van der Waals surface area contributed by atoms with E-state index in [9.17, 15) is 4.79 Å². The SMILES string of the molecule is CCOc1cc2ccccc2cc1C(=O)OCCC[NH+](CC)CC.[Cl-]. The minimum Gasteiger partial charge on any atom is -1.00 e. The van der Waals surface area contributed by atoms with Gasteiger partial charge in [0, 0.05) is 6.42 Å². The third kappa shape index (κ3) is 5.91. The zero-order valence-corrected chi connectivity index (χ0v) is 16.1. The van der Waals surface area contributed by atoms with E-state index >= 15 is 0 Å². The molecular weight excluding hydrogens is 338 g/mol. The number of fused-ring (bicyclic) bond motifs is 1. The van der Waals surface area contributed by atoms with Crippen LogP contribution in [0, 0.1) is 0 Å². The van der Waals surface area contributed by atoms with Crippen molar-refractivity contribution in [1.29, 1.82) is 0 Å². The molecule has 0 unspecified atom stereocenters. The summed E-state index contributed by atoms with van der Waals surface area (Å²) in [6.45, 7) is 10.5. The van der Waals surface area contributed by atoms with Crippen LogP contribution in [0.15, 0.2) is 36.4 Å². The van der Waals surface area contributed by atoms with E-state index in [0.29, 0.717) is 24.5 Å². The summed E-state index contributed by atoms with van der Waals surface area (Å²) in [6, 6.07) is 11.7. The van der Waals surface area contributed by atoms with Crippen molar-refractivity contribution in [3.8, 4) is 5.75 Å². The molecule has 138 valence electrons. The summed E-state index contributed by atoms with van der Waals surface area (Å²) in [6.07, 6.45) is 0.875. The van der Waals surface area contributed by atoms with Gasteiger partial charge in [-0.1, -0.05) is 24.3 Å². The van der Waals surface area contributed by atoms with Gasteiger partial charge in [0.05, 0.1) is 32.8 Å². The summed E-state index contributed by atoms with van der Waals surface area (Å²) in [5, 5.41) is 2.07. The molecule has 0 aliphatic carbocycles. The Morgan fingerprint density at radius 1 is 1.04 bits per heavy atom. The van der Waals surface area contributed by atoms with Gasteiger partial charge in [0.1, 0.15) is 11.3 Å². The van der Waals surface area contributed by atoms with Gasteiger partial charge < -0.3 is 26.8 Å². The van der Waals surface area contributed by atoms with E-state index < -0.39 is 0 Å². The van der Waals surface area contributed by atoms with Crippen LogP contribution in [0.2, 0.25) is 0 Å². The van der Waals surface area contributed by atoms with Gasteiger partial charge in [-0.25, -0.2) is 4.79 Å². The lowest BCUT2D eigenvalue weighted by molar-refractivity contribution is -0.896. The van der Waals surface area contributed by atoms with E-state index in [0.717, 1.165) is 36.8 Å². The molecule has 5 heteroatoms. The van der Waals surface area contributed by atoms with Gasteiger partial charge in [-0.2, -0.15) is 0 Å². The Morgan fingerprint density at radius 2 is 1.68 bits per heavy atom. The lowest BCUT2D eigenvalue weighted by Crippen LogP contribution is -3.11.